The molecule has 3 heterocycles. The standard InChI is InChI=1S/C21H27N3O3/c1-15-12-20(22-19-13-17(26-2)5-6-18(15)19)24-7-3-4-16(14-24)21(25)23-8-10-27-11-9-23/h5-6,12-13,16H,3-4,7-11,14H2,1-2H3. The Hall–Kier alpha value is -2.34. The molecule has 1 amide bonds. The first-order valence-corrected chi connectivity index (χ1v) is 9.72. The predicted octanol–water partition coefficient (Wildman–Crippen LogP) is 2.63. The second-order valence-electron chi connectivity index (χ2n) is 7.40. The van der Waals surface area contributed by atoms with Gasteiger partial charge in [0.15, 0.2) is 0 Å². The van der Waals surface area contributed by atoms with Crippen molar-refractivity contribution in [3.05, 3.63) is 29.8 Å². The first-order valence-electron chi connectivity index (χ1n) is 9.72. The Bertz CT molecular complexity index is 833. The summed E-state index contributed by atoms with van der Waals surface area (Å²) in [6.45, 7) is 6.50. The van der Waals surface area contributed by atoms with Crippen molar-refractivity contribution in [1.82, 2.24) is 9.88 Å². The van der Waals surface area contributed by atoms with Gasteiger partial charge in [0.05, 0.1) is 31.8 Å². The van der Waals surface area contributed by atoms with Gasteiger partial charge in [0.2, 0.25) is 5.91 Å². The summed E-state index contributed by atoms with van der Waals surface area (Å²) in [4.78, 5) is 22.0. The number of piperidine rings is 1. The molecule has 2 fully saturated rings. The maximum Gasteiger partial charge on any atom is 0.227 e. The molecule has 0 radical (unpaired) electrons. The number of methoxy groups -OCH3 is 1. The molecule has 0 spiro atoms. The number of hydrogen-bond donors (Lipinski definition) is 0. The van der Waals surface area contributed by atoms with E-state index in [0.29, 0.717) is 26.3 Å². The molecule has 2 saturated heterocycles. The van der Waals surface area contributed by atoms with Crippen LogP contribution >= 0.6 is 0 Å². The third kappa shape index (κ3) is 3.72. The topological polar surface area (TPSA) is 54.9 Å². The van der Waals surface area contributed by atoms with Crippen molar-refractivity contribution in [2.24, 2.45) is 5.92 Å². The van der Waals surface area contributed by atoms with Gasteiger partial charge in [-0.05, 0) is 43.5 Å². The van der Waals surface area contributed by atoms with E-state index in [-0.39, 0.29) is 11.8 Å². The molecule has 0 N–H and O–H groups in total. The Morgan fingerprint density at radius 2 is 2.04 bits per heavy atom. The van der Waals surface area contributed by atoms with Crippen molar-refractivity contribution in [2.75, 3.05) is 51.4 Å². The lowest BCUT2D eigenvalue weighted by atomic mass is 9.96. The minimum absolute atomic E-state index is 0.0416. The van der Waals surface area contributed by atoms with Crippen LogP contribution in [0.25, 0.3) is 10.9 Å². The number of pyridine rings is 1. The Labute approximate surface area is 160 Å². The number of carbonyl (C=O) groups is 1. The summed E-state index contributed by atoms with van der Waals surface area (Å²) in [5.74, 6) is 2.07. The molecule has 4 rings (SSSR count). The number of rotatable bonds is 3. The molecule has 2 aliphatic rings. The largest absolute Gasteiger partial charge is 0.497 e. The lowest BCUT2D eigenvalue weighted by Crippen LogP contribution is -2.48. The first-order chi connectivity index (χ1) is 13.2. The van der Waals surface area contributed by atoms with Crippen LogP contribution in [-0.2, 0) is 9.53 Å². The molecular weight excluding hydrogens is 342 g/mol. The summed E-state index contributed by atoms with van der Waals surface area (Å²) < 4.78 is 10.7. The number of carbonyl (C=O) groups excluding carboxylic acids is 1. The molecule has 0 bridgehead atoms. The molecule has 0 saturated carbocycles. The van der Waals surface area contributed by atoms with Crippen LogP contribution in [0.5, 0.6) is 5.75 Å². The second-order valence-corrected chi connectivity index (χ2v) is 7.40. The molecule has 1 unspecified atom stereocenters. The van der Waals surface area contributed by atoms with Crippen LogP contribution in [-0.4, -0.2) is 62.3 Å². The zero-order valence-corrected chi connectivity index (χ0v) is 16.1. The minimum atomic E-state index is 0.0416. The Balaban J connectivity index is 1.56. The maximum absolute atomic E-state index is 12.9. The van der Waals surface area contributed by atoms with Crippen LogP contribution < -0.4 is 9.64 Å². The monoisotopic (exact) mass is 369 g/mol. The number of amides is 1. The van der Waals surface area contributed by atoms with E-state index in [9.17, 15) is 4.79 Å². The molecule has 6 heteroatoms. The van der Waals surface area contributed by atoms with Gasteiger partial charge in [-0.25, -0.2) is 4.98 Å². The molecule has 1 atom stereocenters. The van der Waals surface area contributed by atoms with Crippen LogP contribution in [0.2, 0.25) is 0 Å². The van der Waals surface area contributed by atoms with Crippen LogP contribution in [0.4, 0.5) is 5.82 Å². The van der Waals surface area contributed by atoms with E-state index in [1.165, 1.54) is 5.56 Å². The average Bonchev–Trinajstić information content (AvgIpc) is 2.73. The van der Waals surface area contributed by atoms with Crippen molar-refractivity contribution in [3.8, 4) is 5.75 Å². The SMILES string of the molecule is COc1ccc2c(C)cc(N3CCCC(C(=O)N4CCOCC4)C3)nc2c1. The summed E-state index contributed by atoms with van der Waals surface area (Å²) in [6.07, 6.45) is 1.96. The predicted molar refractivity (Wildman–Crippen MR) is 105 cm³/mol. The number of aryl methyl sites for hydroxylation is 1. The summed E-state index contributed by atoms with van der Waals surface area (Å²) >= 11 is 0. The third-order valence-electron chi connectivity index (χ3n) is 5.63. The quantitative estimate of drug-likeness (QED) is 0.833. The lowest BCUT2D eigenvalue weighted by Gasteiger charge is -2.36. The molecule has 6 nitrogen and oxygen atoms in total. The van der Waals surface area contributed by atoms with Gasteiger partial charge in [-0.15, -0.1) is 0 Å². The fraction of sp³-hybridized carbons (Fsp3) is 0.524. The highest BCUT2D eigenvalue weighted by Crippen LogP contribution is 2.29. The van der Waals surface area contributed by atoms with Gasteiger partial charge in [-0.2, -0.15) is 0 Å². The van der Waals surface area contributed by atoms with Gasteiger partial charge < -0.3 is 19.3 Å². The van der Waals surface area contributed by atoms with Crippen LogP contribution in [0, 0.1) is 12.8 Å². The van der Waals surface area contributed by atoms with E-state index in [2.05, 4.69) is 24.0 Å². The number of anilines is 1. The van der Waals surface area contributed by atoms with Gasteiger partial charge in [0.25, 0.3) is 0 Å². The van der Waals surface area contributed by atoms with Crippen molar-refractivity contribution in [2.45, 2.75) is 19.8 Å². The van der Waals surface area contributed by atoms with Crippen LogP contribution in [0.15, 0.2) is 24.3 Å². The van der Waals surface area contributed by atoms with Gasteiger partial charge in [-0.1, -0.05) is 0 Å². The highest BCUT2D eigenvalue weighted by Gasteiger charge is 2.30. The van der Waals surface area contributed by atoms with Crippen LogP contribution in [0.3, 0.4) is 0 Å². The second kappa shape index (κ2) is 7.72. The Kier molecular flexibility index (Phi) is 5.16. The highest BCUT2D eigenvalue weighted by atomic mass is 16.5. The zero-order chi connectivity index (χ0) is 18.8. The molecule has 0 aliphatic carbocycles. The fourth-order valence-electron chi connectivity index (χ4n) is 4.08. The number of ether oxygens (including phenoxy) is 2. The summed E-state index contributed by atoms with van der Waals surface area (Å²) in [5, 5.41) is 1.14. The Morgan fingerprint density at radius 3 is 2.81 bits per heavy atom. The number of fused-ring (bicyclic) bond motifs is 1. The lowest BCUT2D eigenvalue weighted by molar-refractivity contribution is -0.139. The van der Waals surface area contributed by atoms with E-state index in [4.69, 9.17) is 14.5 Å². The summed E-state index contributed by atoms with van der Waals surface area (Å²) in [5.41, 5.74) is 2.13. The molecule has 144 valence electrons. The van der Waals surface area contributed by atoms with E-state index in [1.54, 1.807) is 7.11 Å². The van der Waals surface area contributed by atoms with Gasteiger partial charge >= 0.3 is 0 Å². The van der Waals surface area contributed by atoms with Crippen LogP contribution in [0.1, 0.15) is 18.4 Å². The van der Waals surface area contributed by atoms with Crippen molar-refractivity contribution < 1.29 is 14.3 Å². The fourth-order valence-corrected chi connectivity index (χ4v) is 4.08. The molecule has 1 aromatic heterocycles. The van der Waals surface area contributed by atoms with E-state index in [1.807, 2.05) is 17.0 Å². The smallest absolute Gasteiger partial charge is 0.227 e. The molecular formula is C21H27N3O3. The normalized spacial score (nSPS) is 20.7. The van der Waals surface area contributed by atoms with Gasteiger partial charge in [-0.3, -0.25) is 4.79 Å². The van der Waals surface area contributed by atoms with E-state index >= 15 is 0 Å². The van der Waals surface area contributed by atoms with Crippen molar-refractivity contribution in [1.29, 1.82) is 0 Å². The maximum atomic E-state index is 12.9. The van der Waals surface area contributed by atoms with Crippen molar-refractivity contribution >= 4 is 22.6 Å². The molecule has 1 aromatic carbocycles. The minimum Gasteiger partial charge on any atom is -0.497 e. The molecule has 2 aromatic rings. The number of hydrogen-bond acceptors (Lipinski definition) is 5. The number of benzene rings is 1. The van der Waals surface area contributed by atoms with Crippen molar-refractivity contribution in [3.63, 3.8) is 0 Å². The highest BCUT2D eigenvalue weighted by molar-refractivity contribution is 5.85. The number of aromatic nitrogens is 1. The first kappa shape index (κ1) is 18.0. The number of morpholine rings is 1. The van der Waals surface area contributed by atoms with Gasteiger partial charge in [0, 0.05) is 37.6 Å². The average molecular weight is 369 g/mol. The third-order valence-corrected chi connectivity index (χ3v) is 5.63. The van der Waals surface area contributed by atoms with Gasteiger partial charge in [0.1, 0.15) is 11.6 Å². The molecule has 27 heavy (non-hydrogen) atoms. The molecule has 2 aliphatic heterocycles. The number of nitrogens with zero attached hydrogens (tertiary/aromatic N) is 3. The zero-order valence-electron chi connectivity index (χ0n) is 16.1. The summed E-state index contributed by atoms with van der Waals surface area (Å²) in [6, 6.07) is 8.14. The van der Waals surface area contributed by atoms with E-state index in [0.717, 1.165) is 48.4 Å². The van der Waals surface area contributed by atoms with E-state index < -0.39 is 0 Å². The summed E-state index contributed by atoms with van der Waals surface area (Å²) in [7, 11) is 1.67. The Morgan fingerprint density at radius 1 is 1.22 bits per heavy atom.